The van der Waals surface area contributed by atoms with Crippen LogP contribution in [0.15, 0.2) is 91.0 Å². The lowest BCUT2D eigenvalue weighted by Gasteiger charge is -2.25. The summed E-state index contributed by atoms with van der Waals surface area (Å²) in [5.74, 6) is -1.02. The number of carboxylic acid groups (broad SMARTS) is 2. The van der Waals surface area contributed by atoms with Crippen LogP contribution in [0, 0.1) is 0 Å². The highest BCUT2D eigenvalue weighted by atomic mass is 35.5. The van der Waals surface area contributed by atoms with Gasteiger partial charge in [-0.25, -0.2) is 14.4 Å². The summed E-state index contributed by atoms with van der Waals surface area (Å²) in [5, 5.41) is 24.2. The van der Waals surface area contributed by atoms with Gasteiger partial charge in [-0.1, -0.05) is 29.8 Å². The molecular formula is C35H32ClN3O9. The highest BCUT2D eigenvalue weighted by Crippen LogP contribution is 2.29. The summed E-state index contributed by atoms with van der Waals surface area (Å²) in [6.45, 7) is 0.382. The number of rotatable bonds is 12. The summed E-state index contributed by atoms with van der Waals surface area (Å²) in [6, 6.07) is 23.0. The van der Waals surface area contributed by atoms with Crippen LogP contribution in [0.1, 0.15) is 32.7 Å². The topological polar surface area (TPSA) is 164 Å². The standard InChI is InChI=1S/C35H32ClN3O9/c1-46-31-16-21(6-15-30(31)38-35(45)37-29-5-3-2-4-28(29)36)17-32(40)39-19-27(48-26-13-9-23(10-14-26)34(43)44)18-24(39)20-47-25-11-7-22(8-12-25)33(41)42/h2-16,24,27H,17-20H2,1H3,(H,41,42)(H,43,44)(H2,37,38,45)/t24?,27-/m0/s1. The number of carbonyl (C=O) groups excluding carboxylic acids is 2. The minimum atomic E-state index is -1.05. The average molecular weight is 674 g/mol. The number of carbonyl (C=O) groups is 4. The van der Waals surface area contributed by atoms with Crippen molar-refractivity contribution in [3.8, 4) is 17.2 Å². The van der Waals surface area contributed by atoms with Crippen molar-refractivity contribution in [2.75, 3.05) is 30.9 Å². The SMILES string of the molecule is COc1cc(CC(=O)N2C[C@@H](Oc3ccc(C(=O)O)cc3)CC2COc2ccc(C(=O)O)cc2)ccc1NC(=O)Nc1ccccc1Cl. The molecule has 0 saturated carbocycles. The Morgan fingerprint density at radius 2 is 1.46 bits per heavy atom. The minimum absolute atomic E-state index is 0.0201. The molecule has 0 radical (unpaired) electrons. The molecular weight excluding hydrogens is 642 g/mol. The van der Waals surface area contributed by atoms with Gasteiger partial charge in [0.1, 0.15) is 30.0 Å². The van der Waals surface area contributed by atoms with E-state index in [1.54, 1.807) is 71.6 Å². The van der Waals surface area contributed by atoms with E-state index < -0.39 is 24.1 Å². The number of carboxylic acids is 2. The highest BCUT2D eigenvalue weighted by Gasteiger charge is 2.37. The number of hydrogen-bond donors (Lipinski definition) is 4. The van der Waals surface area contributed by atoms with Gasteiger partial charge in [-0.15, -0.1) is 0 Å². The molecule has 4 N–H and O–H groups in total. The van der Waals surface area contributed by atoms with Gasteiger partial charge in [0.15, 0.2) is 0 Å². The minimum Gasteiger partial charge on any atom is -0.495 e. The second kappa shape index (κ2) is 15.2. The van der Waals surface area contributed by atoms with Gasteiger partial charge in [-0.05, 0) is 78.4 Å². The maximum absolute atomic E-state index is 13.7. The fourth-order valence-corrected chi connectivity index (χ4v) is 5.42. The first-order valence-corrected chi connectivity index (χ1v) is 15.2. The maximum Gasteiger partial charge on any atom is 0.335 e. The molecule has 2 atom stereocenters. The van der Waals surface area contributed by atoms with Crippen molar-refractivity contribution in [1.29, 1.82) is 0 Å². The Labute approximate surface area is 280 Å². The molecule has 1 aliphatic heterocycles. The van der Waals surface area contributed by atoms with Crippen LogP contribution < -0.4 is 24.8 Å². The second-order valence-electron chi connectivity index (χ2n) is 10.9. The summed E-state index contributed by atoms with van der Waals surface area (Å²) >= 11 is 6.14. The van der Waals surface area contributed by atoms with E-state index in [1.807, 2.05) is 0 Å². The van der Waals surface area contributed by atoms with Crippen LogP contribution in [0.3, 0.4) is 0 Å². The van der Waals surface area contributed by atoms with E-state index in [4.69, 9.17) is 25.8 Å². The van der Waals surface area contributed by atoms with Crippen LogP contribution in [0.4, 0.5) is 16.2 Å². The number of ether oxygens (including phenoxy) is 3. The number of methoxy groups -OCH3 is 1. The Balaban J connectivity index is 1.27. The zero-order valence-corrected chi connectivity index (χ0v) is 26.5. The first kappa shape index (κ1) is 33.6. The zero-order chi connectivity index (χ0) is 34.2. The predicted octanol–water partition coefficient (Wildman–Crippen LogP) is 6.06. The van der Waals surface area contributed by atoms with E-state index in [0.717, 1.165) is 0 Å². The lowest BCUT2D eigenvalue weighted by Crippen LogP contribution is -2.40. The van der Waals surface area contributed by atoms with Gasteiger partial charge in [0.2, 0.25) is 5.91 Å². The van der Waals surface area contributed by atoms with Gasteiger partial charge in [0.05, 0.1) is 53.6 Å². The highest BCUT2D eigenvalue weighted by molar-refractivity contribution is 6.33. The molecule has 4 aromatic rings. The molecule has 1 aliphatic rings. The molecule has 4 aromatic carbocycles. The smallest absolute Gasteiger partial charge is 0.335 e. The third-order valence-corrected chi connectivity index (χ3v) is 7.97. The summed E-state index contributed by atoms with van der Waals surface area (Å²) in [4.78, 5) is 50.5. The van der Waals surface area contributed by atoms with Crippen molar-refractivity contribution in [3.63, 3.8) is 0 Å². The molecule has 1 unspecified atom stereocenters. The van der Waals surface area contributed by atoms with Crippen molar-refractivity contribution >= 4 is 46.9 Å². The van der Waals surface area contributed by atoms with Crippen LogP contribution in [0.5, 0.6) is 17.2 Å². The first-order chi connectivity index (χ1) is 23.1. The molecule has 12 nitrogen and oxygen atoms in total. The summed E-state index contributed by atoms with van der Waals surface area (Å²) < 4.78 is 17.6. The Bertz CT molecular complexity index is 1800. The number of benzene rings is 4. The monoisotopic (exact) mass is 673 g/mol. The summed E-state index contributed by atoms with van der Waals surface area (Å²) in [5.41, 5.74) is 1.73. The van der Waals surface area contributed by atoms with Crippen molar-refractivity contribution in [2.45, 2.75) is 25.0 Å². The fourth-order valence-electron chi connectivity index (χ4n) is 5.24. The fraction of sp³-hybridized carbons (Fsp3) is 0.200. The van der Waals surface area contributed by atoms with E-state index in [9.17, 15) is 29.4 Å². The number of nitrogens with one attached hydrogen (secondary N) is 2. The van der Waals surface area contributed by atoms with Crippen molar-refractivity contribution in [2.24, 2.45) is 0 Å². The van der Waals surface area contributed by atoms with Gasteiger partial charge in [0, 0.05) is 6.42 Å². The molecule has 3 amide bonds. The predicted molar refractivity (Wildman–Crippen MR) is 178 cm³/mol. The molecule has 48 heavy (non-hydrogen) atoms. The largest absolute Gasteiger partial charge is 0.495 e. The Morgan fingerprint density at radius 1 is 0.833 bits per heavy atom. The first-order valence-electron chi connectivity index (χ1n) is 14.8. The van der Waals surface area contributed by atoms with Gasteiger partial charge in [-0.3, -0.25) is 4.79 Å². The molecule has 0 aromatic heterocycles. The average Bonchev–Trinajstić information content (AvgIpc) is 3.48. The third kappa shape index (κ3) is 8.53. The Morgan fingerprint density at radius 3 is 2.08 bits per heavy atom. The van der Waals surface area contributed by atoms with Crippen molar-refractivity contribution < 1.29 is 43.6 Å². The molecule has 0 aliphatic carbocycles. The normalized spacial score (nSPS) is 15.3. The molecule has 248 valence electrons. The number of likely N-dealkylation sites (tertiary alicyclic amines) is 1. The zero-order valence-electron chi connectivity index (χ0n) is 25.7. The van der Waals surface area contributed by atoms with E-state index in [1.165, 1.54) is 31.4 Å². The number of aromatic carboxylic acids is 2. The van der Waals surface area contributed by atoms with Crippen molar-refractivity contribution in [3.05, 3.63) is 113 Å². The molecule has 1 saturated heterocycles. The number of hydrogen-bond acceptors (Lipinski definition) is 7. The van der Waals surface area contributed by atoms with E-state index in [0.29, 0.717) is 45.6 Å². The van der Waals surface area contributed by atoms with Crippen LogP contribution >= 0.6 is 11.6 Å². The summed E-state index contributed by atoms with van der Waals surface area (Å²) in [6.07, 6.45) is 0.0592. The Hall–Kier alpha value is -5.75. The van der Waals surface area contributed by atoms with Gasteiger partial charge < -0.3 is 40.0 Å². The molecule has 0 spiro atoms. The molecule has 13 heteroatoms. The lowest BCUT2D eigenvalue weighted by atomic mass is 10.1. The number of anilines is 2. The third-order valence-electron chi connectivity index (χ3n) is 7.64. The van der Waals surface area contributed by atoms with Crippen LogP contribution in [0.2, 0.25) is 5.02 Å². The number of nitrogens with zero attached hydrogens (tertiary/aromatic N) is 1. The maximum atomic E-state index is 13.7. The van der Waals surface area contributed by atoms with Gasteiger partial charge in [0.25, 0.3) is 0 Å². The summed E-state index contributed by atoms with van der Waals surface area (Å²) in [7, 11) is 1.46. The molecule has 1 fully saturated rings. The number of urea groups is 1. The van der Waals surface area contributed by atoms with E-state index in [-0.39, 0.29) is 42.6 Å². The van der Waals surface area contributed by atoms with E-state index >= 15 is 0 Å². The lowest BCUT2D eigenvalue weighted by molar-refractivity contribution is -0.132. The van der Waals surface area contributed by atoms with Gasteiger partial charge >= 0.3 is 18.0 Å². The number of amides is 3. The molecule has 1 heterocycles. The van der Waals surface area contributed by atoms with Crippen molar-refractivity contribution in [1.82, 2.24) is 4.90 Å². The number of halogens is 1. The van der Waals surface area contributed by atoms with Crippen LogP contribution in [-0.2, 0) is 11.2 Å². The number of para-hydroxylation sites is 1. The Kier molecular flexibility index (Phi) is 10.7. The van der Waals surface area contributed by atoms with Crippen LogP contribution in [0.25, 0.3) is 0 Å². The van der Waals surface area contributed by atoms with Crippen LogP contribution in [-0.4, -0.2) is 71.4 Å². The second-order valence-corrected chi connectivity index (χ2v) is 11.3. The quantitative estimate of drug-likeness (QED) is 0.140. The van der Waals surface area contributed by atoms with E-state index in [2.05, 4.69) is 10.6 Å². The molecule has 5 rings (SSSR count). The molecule has 0 bridgehead atoms. The van der Waals surface area contributed by atoms with Gasteiger partial charge in [-0.2, -0.15) is 0 Å².